The molecule has 0 bridgehead atoms. The third-order valence-corrected chi connectivity index (χ3v) is 1.55. The molecule has 0 amide bonds. The highest BCUT2D eigenvalue weighted by Crippen LogP contribution is 2.13. The molecule has 1 N–H and O–H groups in total. The third-order valence-electron chi connectivity index (χ3n) is 1.36. The summed E-state index contributed by atoms with van der Waals surface area (Å²) in [5, 5.41) is 0.385. The van der Waals surface area contributed by atoms with Gasteiger partial charge in [-0.05, 0) is 39.5 Å². The van der Waals surface area contributed by atoms with E-state index in [1.165, 1.54) is 5.32 Å². The minimum absolute atomic E-state index is 0.873. The predicted octanol–water partition coefficient (Wildman–Crippen LogP) is 3.30. The summed E-state index contributed by atoms with van der Waals surface area (Å²) in [6, 6.07) is -8.33. The molecule has 1 aromatic rings. The second kappa shape index (κ2) is 4.98. The average Bonchev–Trinajstić information content (AvgIpc) is 2.58. The first-order valence-corrected chi connectivity index (χ1v) is 4.27. The van der Waals surface area contributed by atoms with Crippen molar-refractivity contribution >= 4 is 17.4 Å². The van der Waals surface area contributed by atoms with Crippen molar-refractivity contribution in [3.05, 3.63) is 34.8 Å². The van der Waals surface area contributed by atoms with Crippen LogP contribution in [0.5, 0.6) is 0 Å². The molecule has 0 aliphatic carbocycles. The zero-order chi connectivity index (χ0) is 26.7. The molecule has 2 nitrogen and oxygen atoms in total. The Balaban J connectivity index is 4.11. The van der Waals surface area contributed by atoms with E-state index in [9.17, 15) is 4.79 Å². The first kappa shape index (κ1) is 2.93. The number of carbonyl (C=O) groups excluding carboxylic acids is 1. The Hall–Kier alpha value is -0.860. The monoisotopic (exact) mass is 256 g/mol. The molecule has 88 valence electrons. The lowest BCUT2D eigenvalue weighted by Gasteiger charge is -2.25. The van der Waals surface area contributed by atoms with Crippen LogP contribution in [0.3, 0.4) is 0 Å². The molecule has 0 radical (unpaired) electrons. The lowest BCUT2D eigenvalue weighted by Crippen LogP contribution is -2.46. The van der Waals surface area contributed by atoms with Crippen molar-refractivity contribution < 1.29 is 28.1 Å². The van der Waals surface area contributed by atoms with Crippen LogP contribution in [0.4, 0.5) is 0 Å². The van der Waals surface area contributed by atoms with Crippen LogP contribution in [0.2, 0.25) is 5.02 Å². The van der Waals surface area contributed by atoms with E-state index in [4.69, 9.17) is 34.9 Å². The van der Waals surface area contributed by atoms with Crippen molar-refractivity contribution in [3.63, 3.8) is 0 Å². The van der Waals surface area contributed by atoms with Gasteiger partial charge in [-0.25, -0.2) is 0 Å². The largest absolute Gasteiger partial charge is 0.303 e. The van der Waals surface area contributed by atoms with E-state index in [1.807, 2.05) is 0 Å². The summed E-state index contributed by atoms with van der Waals surface area (Å²) in [4.78, 5) is 13.2. The molecule has 0 saturated carbocycles. The van der Waals surface area contributed by atoms with Gasteiger partial charge in [0.1, 0.15) is 0 Å². The second-order valence-corrected chi connectivity index (χ2v) is 3.15. The number of hydrogen-bond donors (Lipinski definition) is 1. The molecule has 0 unspecified atom stereocenters. The summed E-state index contributed by atoms with van der Waals surface area (Å²) in [5.74, 6) is -2.10. The molecule has 0 heterocycles. The van der Waals surface area contributed by atoms with E-state index in [-0.39, 0.29) is 0 Å². The fourth-order valence-electron chi connectivity index (χ4n) is 0.804. The highest BCUT2D eigenvalue weighted by Gasteiger charge is 2.20. The van der Waals surface area contributed by atoms with Crippen LogP contribution >= 0.6 is 11.6 Å². The van der Waals surface area contributed by atoms with Gasteiger partial charge in [0.05, 0.1) is 12.9 Å². The SMILES string of the molecule is [2H]c1c([2H])c(Cl)c([2H])c(C(=O)[C@]([2H])(NC(C([2H])([2H])[2H])(C([2H])([2H])[2H])C([2H])([2H])[2H])C([2H])([2H])[2H])c1[2H]. The van der Waals surface area contributed by atoms with Crippen LogP contribution in [-0.2, 0) is 0 Å². The van der Waals surface area contributed by atoms with Gasteiger partial charge in [-0.15, -0.1) is 0 Å². The minimum atomic E-state index is -4.12. The molecule has 0 aliphatic heterocycles. The Labute approximate surface area is 126 Å². The maximum absolute atomic E-state index is 13.2. The lowest BCUT2D eigenvalue weighted by molar-refractivity contribution is 0.0936. The maximum atomic E-state index is 13.2. The number of rotatable bonds is 3. The van der Waals surface area contributed by atoms with E-state index < -0.39 is 79.5 Å². The van der Waals surface area contributed by atoms with Gasteiger partial charge in [-0.2, -0.15) is 0 Å². The standard InChI is InChI=1S/C13H18ClNO/c1-9(15-13(2,3)4)12(16)10-6-5-7-11(14)8-10/h5-9,15H,1-4H3/t9-/m1/s1/i1D3,2D3,3D3,4D3,5D,6D,7D,8D,9D. The van der Waals surface area contributed by atoms with Gasteiger partial charge in [0.2, 0.25) is 0 Å². The highest BCUT2D eigenvalue weighted by atomic mass is 35.5. The van der Waals surface area contributed by atoms with Crippen molar-refractivity contribution in [2.24, 2.45) is 0 Å². The molecule has 0 aromatic heterocycles. The predicted molar refractivity (Wildman–Crippen MR) is 68.1 cm³/mol. The molecule has 3 heteroatoms. The highest BCUT2D eigenvalue weighted by molar-refractivity contribution is 6.31. The molecule has 1 atom stereocenters. The van der Waals surface area contributed by atoms with Gasteiger partial charge in [0, 0.05) is 32.6 Å². The fraction of sp³-hybridized carbons (Fsp3) is 0.462. The number of benzene rings is 1. The summed E-state index contributed by atoms with van der Waals surface area (Å²) in [5.41, 5.74) is -5.43. The maximum Gasteiger partial charge on any atom is 0.179 e. The summed E-state index contributed by atoms with van der Waals surface area (Å²) >= 11 is 5.70. The molecule has 1 rings (SSSR count). The minimum Gasteiger partial charge on any atom is -0.303 e. The Kier molecular flexibility index (Phi) is 0.912. The molecular formula is C13H18ClNO. The van der Waals surface area contributed by atoms with E-state index in [1.54, 1.807) is 0 Å². The van der Waals surface area contributed by atoms with E-state index >= 15 is 0 Å². The van der Waals surface area contributed by atoms with Crippen LogP contribution in [0.1, 0.15) is 61.1 Å². The summed E-state index contributed by atoms with van der Waals surface area (Å²) in [7, 11) is 0. The Morgan fingerprint density at radius 2 is 2.38 bits per heavy atom. The Bertz CT molecular complexity index is 878. The lowest BCUT2D eigenvalue weighted by atomic mass is 10.0. The molecule has 0 spiro atoms. The molecule has 0 aliphatic rings. The number of Topliss-reactive ketones (excluding diaryl/α,β-unsaturated/α-hetero) is 1. The van der Waals surface area contributed by atoms with Crippen molar-refractivity contribution in [2.45, 2.75) is 39.0 Å². The third kappa shape index (κ3) is 3.95. The zero-order valence-corrected chi connectivity index (χ0v) is 8.54. The van der Waals surface area contributed by atoms with Crippen molar-refractivity contribution in [2.75, 3.05) is 0 Å². The van der Waals surface area contributed by atoms with Crippen LogP contribution in [0.25, 0.3) is 0 Å². The van der Waals surface area contributed by atoms with Gasteiger partial charge in [0.15, 0.2) is 5.78 Å². The van der Waals surface area contributed by atoms with Crippen molar-refractivity contribution in [1.29, 1.82) is 0 Å². The number of nitrogens with one attached hydrogen (secondary N) is 1. The molecule has 16 heavy (non-hydrogen) atoms. The topological polar surface area (TPSA) is 29.1 Å². The smallest absolute Gasteiger partial charge is 0.179 e. The van der Waals surface area contributed by atoms with E-state index in [0.29, 0.717) is 0 Å². The number of ketones is 1. The fourth-order valence-corrected chi connectivity index (χ4v) is 0.945. The summed E-state index contributed by atoms with van der Waals surface area (Å²) in [6.45, 7) is -16.0. The number of carbonyl (C=O) groups is 1. The normalized spacial score (nSPS) is 34.2. The second-order valence-electron chi connectivity index (χ2n) is 2.77. The molecular weight excluding hydrogens is 222 g/mol. The van der Waals surface area contributed by atoms with Crippen molar-refractivity contribution in [3.8, 4) is 0 Å². The molecule has 1 aromatic carbocycles. The summed E-state index contributed by atoms with van der Waals surface area (Å²) in [6.07, 6.45) is 0. The van der Waals surface area contributed by atoms with Crippen LogP contribution in [0.15, 0.2) is 24.2 Å². The number of hydrogen-bond acceptors (Lipinski definition) is 2. The van der Waals surface area contributed by atoms with E-state index in [0.717, 1.165) is 0 Å². The van der Waals surface area contributed by atoms with Crippen molar-refractivity contribution in [1.82, 2.24) is 5.32 Å². The van der Waals surface area contributed by atoms with Crippen LogP contribution < -0.4 is 5.32 Å². The molecule has 0 saturated heterocycles. The quantitative estimate of drug-likeness (QED) is 0.841. The Morgan fingerprint density at radius 1 is 1.62 bits per heavy atom. The molecule has 0 fully saturated rings. The van der Waals surface area contributed by atoms with Crippen LogP contribution in [0, 0.1) is 0 Å². The van der Waals surface area contributed by atoms with Gasteiger partial charge >= 0.3 is 0 Å². The summed E-state index contributed by atoms with van der Waals surface area (Å²) < 4.78 is 130. The van der Waals surface area contributed by atoms with Gasteiger partial charge in [-0.3, -0.25) is 4.79 Å². The van der Waals surface area contributed by atoms with Gasteiger partial charge in [-0.1, -0.05) is 23.7 Å². The Morgan fingerprint density at radius 3 is 3.00 bits per heavy atom. The van der Waals surface area contributed by atoms with Gasteiger partial charge in [0.25, 0.3) is 0 Å². The average molecular weight is 257 g/mol. The zero-order valence-electron chi connectivity index (χ0n) is 24.8. The van der Waals surface area contributed by atoms with Gasteiger partial charge < -0.3 is 5.32 Å². The first-order valence-electron chi connectivity index (χ1n) is 12.4. The number of halogens is 1. The van der Waals surface area contributed by atoms with Crippen LogP contribution in [-0.4, -0.2) is 17.3 Å². The van der Waals surface area contributed by atoms with E-state index in [2.05, 4.69) is 0 Å². The first-order chi connectivity index (χ1) is 14.3.